The zero-order chi connectivity index (χ0) is 19.3. The molecule has 1 aromatic carbocycles. The molecule has 2 N–H and O–H groups in total. The molecule has 2 aromatic heterocycles. The average Bonchev–Trinajstić information content (AvgIpc) is 3.33. The summed E-state index contributed by atoms with van der Waals surface area (Å²) in [5.74, 6) is 1.51. The number of aromatic nitrogens is 3. The lowest BCUT2D eigenvalue weighted by Crippen LogP contribution is -2.39. The van der Waals surface area contributed by atoms with Crippen molar-refractivity contribution in [2.75, 3.05) is 13.3 Å². The van der Waals surface area contributed by atoms with Gasteiger partial charge in [0.2, 0.25) is 6.79 Å². The van der Waals surface area contributed by atoms with Gasteiger partial charge in [-0.2, -0.15) is 0 Å². The van der Waals surface area contributed by atoms with Crippen molar-refractivity contribution in [2.24, 2.45) is 0 Å². The normalized spacial score (nSPS) is 14.8. The Morgan fingerprint density at radius 3 is 2.89 bits per heavy atom. The van der Waals surface area contributed by atoms with Crippen molar-refractivity contribution in [3.63, 3.8) is 0 Å². The van der Waals surface area contributed by atoms with E-state index >= 15 is 0 Å². The maximum atomic E-state index is 12.8. The van der Waals surface area contributed by atoms with Gasteiger partial charge in [-0.3, -0.25) is 14.6 Å². The van der Waals surface area contributed by atoms with Gasteiger partial charge in [-0.15, -0.1) is 0 Å². The lowest BCUT2D eigenvalue weighted by Gasteiger charge is -2.26. The van der Waals surface area contributed by atoms with E-state index in [1.807, 2.05) is 12.1 Å². The number of benzene rings is 1. The molecule has 10 nitrogen and oxygen atoms in total. The van der Waals surface area contributed by atoms with E-state index in [9.17, 15) is 14.4 Å². The summed E-state index contributed by atoms with van der Waals surface area (Å²) in [6.07, 6.45) is 1.60. The number of carbonyl (C=O) groups is 1. The van der Waals surface area contributed by atoms with Crippen molar-refractivity contribution in [1.29, 1.82) is 0 Å². The van der Waals surface area contributed by atoms with Crippen LogP contribution in [-0.4, -0.2) is 39.3 Å². The second-order valence-electron chi connectivity index (χ2n) is 6.46. The number of rotatable bonds is 2. The molecule has 0 saturated carbocycles. The Morgan fingerprint density at radius 2 is 2.04 bits per heavy atom. The molecular weight excluding hydrogens is 368 g/mol. The second-order valence-corrected chi connectivity index (χ2v) is 6.46. The van der Waals surface area contributed by atoms with Crippen molar-refractivity contribution >= 4 is 5.91 Å². The van der Waals surface area contributed by atoms with Crippen LogP contribution in [0.15, 0.2) is 38.5 Å². The predicted molar refractivity (Wildman–Crippen MR) is 94.2 cm³/mol. The van der Waals surface area contributed by atoms with Gasteiger partial charge in [0.05, 0.1) is 6.54 Å². The highest BCUT2D eigenvalue weighted by atomic mass is 16.7. The molecular formula is C18H14N4O6. The van der Waals surface area contributed by atoms with Crippen LogP contribution in [0.25, 0.3) is 11.3 Å². The van der Waals surface area contributed by atoms with Gasteiger partial charge in [-0.1, -0.05) is 5.16 Å². The largest absolute Gasteiger partial charge is 0.454 e. The minimum Gasteiger partial charge on any atom is -0.454 e. The van der Waals surface area contributed by atoms with Gasteiger partial charge in [0, 0.05) is 30.3 Å². The van der Waals surface area contributed by atoms with Crippen LogP contribution in [0.5, 0.6) is 11.5 Å². The first kappa shape index (κ1) is 16.4. The summed E-state index contributed by atoms with van der Waals surface area (Å²) in [6.45, 7) is 0.784. The standard InChI is InChI=1S/C18H14N4O6/c23-16-10(6-19-18(25)20-16)17(24)22-4-3-12-11(7-22)15(21-28-12)9-1-2-13-14(5-9)27-8-26-13/h1-2,5-6H,3-4,7-8H2,(H2,19,20,23,25). The smallest absolute Gasteiger partial charge is 0.325 e. The molecule has 0 unspecified atom stereocenters. The van der Waals surface area contributed by atoms with E-state index in [0.717, 1.165) is 17.3 Å². The molecule has 0 radical (unpaired) electrons. The second kappa shape index (κ2) is 6.12. The Balaban J connectivity index is 1.47. The molecule has 1 amide bonds. The molecule has 0 fully saturated rings. The molecule has 0 aliphatic carbocycles. The van der Waals surface area contributed by atoms with E-state index in [1.54, 1.807) is 6.07 Å². The molecule has 0 atom stereocenters. The van der Waals surface area contributed by atoms with Crippen LogP contribution < -0.4 is 20.7 Å². The number of hydrogen-bond acceptors (Lipinski definition) is 7. The minimum absolute atomic E-state index is 0.121. The van der Waals surface area contributed by atoms with Crippen molar-refractivity contribution in [2.45, 2.75) is 13.0 Å². The number of carbonyl (C=O) groups excluding carboxylic acids is 1. The predicted octanol–water partition coefficient (Wildman–Crippen LogP) is 0.645. The molecule has 0 spiro atoms. The zero-order valence-electron chi connectivity index (χ0n) is 14.5. The van der Waals surface area contributed by atoms with Gasteiger partial charge in [-0.05, 0) is 18.2 Å². The third-order valence-electron chi connectivity index (χ3n) is 4.81. The quantitative estimate of drug-likeness (QED) is 0.665. The molecule has 28 heavy (non-hydrogen) atoms. The number of hydrogen-bond donors (Lipinski definition) is 2. The van der Waals surface area contributed by atoms with Gasteiger partial charge >= 0.3 is 5.69 Å². The fraction of sp³-hybridized carbons (Fsp3) is 0.222. The maximum Gasteiger partial charge on any atom is 0.325 e. The lowest BCUT2D eigenvalue weighted by molar-refractivity contribution is 0.0726. The summed E-state index contributed by atoms with van der Waals surface area (Å²) in [7, 11) is 0. The van der Waals surface area contributed by atoms with Crippen LogP contribution in [-0.2, 0) is 13.0 Å². The number of amides is 1. The number of aromatic amines is 2. The van der Waals surface area contributed by atoms with E-state index < -0.39 is 17.2 Å². The molecule has 3 aromatic rings. The first-order valence-electron chi connectivity index (χ1n) is 8.59. The van der Waals surface area contributed by atoms with Crippen LogP contribution >= 0.6 is 0 Å². The Morgan fingerprint density at radius 1 is 1.18 bits per heavy atom. The van der Waals surface area contributed by atoms with Gasteiger partial charge in [0.1, 0.15) is 17.0 Å². The lowest BCUT2D eigenvalue weighted by atomic mass is 10.0. The summed E-state index contributed by atoms with van der Waals surface area (Å²) in [4.78, 5) is 41.8. The van der Waals surface area contributed by atoms with Crippen LogP contribution in [0.1, 0.15) is 21.7 Å². The van der Waals surface area contributed by atoms with E-state index in [0.29, 0.717) is 35.9 Å². The number of ether oxygens (including phenoxy) is 2. The van der Waals surface area contributed by atoms with Crippen LogP contribution in [0.3, 0.4) is 0 Å². The fourth-order valence-corrected chi connectivity index (χ4v) is 3.39. The summed E-state index contributed by atoms with van der Waals surface area (Å²) in [5, 5.41) is 4.16. The third kappa shape index (κ3) is 2.57. The molecule has 4 heterocycles. The Hall–Kier alpha value is -3.82. The molecule has 142 valence electrons. The third-order valence-corrected chi connectivity index (χ3v) is 4.81. The highest BCUT2D eigenvalue weighted by Crippen LogP contribution is 2.38. The Bertz CT molecular complexity index is 1210. The first-order chi connectivity index (χ1) is 13.6. The summed E-state index contributed by atoms with van der Waals surface area (Å²) >= 11 is 0. The van der Waals surface area contributed by atoms with Crippen molar-refractivity contribution in [3.8, 4) is 22.8 Å². The van der Waals surface area contributed by atoms with Crippen molar-refractivity contribution in [1.82, 2.24) is 20.0 Å². The van der Waals surface area contributed by atoms with E-state index in [1.165, 1.54) is 4.90 Å². The minimum atomic E-state index is -0.721. The highest BCUT2D eigenvalue weighted by Gasteiger charge is 2.29. The first-order valence-corrected chi connectivity index (χ1v) is 8.59. The maximum absolute atomic E-state index is 12.8. The number of nitrogens with zero attached hydrogens (tertiary/aromatic N) is 2. The van der Waals surface area contributed by atoms with Gasteiger partial charge in [0.15, 0.2) is 11.5 Å². The summed E-state index contributed by atoms with van der Waals surface area (Å²) in [5.41, 5.74) is 0.669. The summed E-state index contributed by atoms with van der Waals surface area (Å²) < 4.78 is 16.2. The van der Waals surface area contributed by atoms with E-state index in [2.05, 4.69) is 15.1 Å². The highest BCUT2D eigenvalue weighted by molar-refractivity contribution is 5.93. The Kier molecular flexibility index (Phi) is 3.57. The molecule has 2 aliphatic heterocycles. The molecule has 0 saturated heterocycles. The zero-order valence-corrected chi connectivity index (χ0v) is 14.5. The molecule has 0 bridgehead atoms. The van der Waals surface area contributed by atoms with Crippen LogP contribution in [0.4, 0.5) is 0 Å². The average molecular weight is 382 g/mol. The van der Waals surface area contributed by atoms with Crippen molar-refractivity contribution < 1.29 is 18.8 Å². The molecule has 2 aliphatic rings. The van der Waals surface area contributed by atoms with E-state index in [4.69, 9.17) is 14.0 Å². The van der Waals surface area contributed by atoms with Gasteiger partial charge < -0.3 is 23.9 Å². The van der Waals surface area contributed by atoms with Crippen molar-refractivity contribution in [3.05, 3.63) is 62.1 Å². The fourth-order valence-electron chi connectivity index (χ4n) is 3.39. The number of nitrogens with one attached hydrogen (secondary N) is 2. The Labute approximate surface area is 156 Å². The SMILES string of the molecule is O=C(c1c[nH]c(=O)[nH]c1=O)N1CCc2onc(-c3ccc4c(c3)OCO4)c2C1. The van der Waals surface area contributed by atoms with Gasteiger partial charge in [-0.25, -0.2) is 4.79 Å². The van der Waals surface area contributed by atoms with Crippen LogP contribution in [0.2, 0.25) is 0 Å². The van der Waals surface area contributed by atoms with Crippen LogP contribution in [0, 0.1) is 0 Å². The summed E-state index contributed by atoms with van der Waals surface area (Å²) in [6, 6.07) is 5.46. The molecule has 5 rings (SSSR count). The van der Waals surface area contributed by atoms with E-state index in [-0.39, 0.29) is 18.9 Å². The number of fused-ring (bicyclic) bond motifs is 2. The monoisotopic (exact) mass is 382 g/mol. The van der Waals surface area contributed by atoms with Gasteiger partial charge in [0.25, 0.3) is 11.5 Å². The number of H-pyrrole nitrogens is 2. The molecule has 10 heteroatoms. The topological polar surface area (TPSA) is 131 Å².